The van der Waals surface area contributed by atoms with Crippen LogP contribution in [-0.4, -0.2) is 33.9 Å². The Morgan fingerprint density at radius 1 is 1.19 bits per heavy atom. The fourth-order valence-electron chi connectivity index (χ4n) is 2.46. The Morgan fingerprint density at radius 2 is 1.86 bits per heavy atom. The molecule has 21 heavy (non-hydrogen) atoms. The summed E-state index contributed by atoms with van der Waals surface area (Å²) in [5, 5.41) is 11.0. The average Bonchev–Trinajstić information content (AvgIpc) is 2.96. The minimum atomic E-state index is -0.788. The van der Waals surface area contributed by atoms with Gasteiger partial charge in [-0.15, -0.1) is 5.10 Å². The zero-order valence-electron chi connectivity index (χ0n) is 11.2. The van der Waals surface area contributed by atoms with Crippen LogP contribution in [0.3, 0.4) is 0 Å². The Balaban J connectivity index is 1.83. The first-order chi connectivity index (χ1) is 10.1. The Labute approximate surface area is 120 Å². The maximum atomic E-state index is 13.2. The molecular weight excluding hydrogens is 278 g/mol. The molecule has 5 nitrogen and oxygen atoms in total. The van der Waals surface area contributed by atoms with Crippen LogP contribution in [0.15, 0.2) is 24.4 Å². The normalized spacial score (nSPS) is 16.1. The molecule has 1 N–H and O–H groups in total. The molecule has 0 amide bonds. The summed E-state index contributed by atoms with van der Waals surface area (Å²) in [5.74, 6) is -2.11. The number of carbonyl (C=O) groups excluding carboxylic acids is 1. The van der Waals surface area contributed by atoms with Crippen molar-refractivity contribution in [3.05, 3.63) is 47.3 Å². The lowest BCUT2D eigenvalue weighted by Gasteiger charge is -2.22. The van der Waals surface area contributed by atoms with E-state index in [1.807, 2.05) is 0 Å². The molecule has 1 fully saturated rings. The highest BCUT2D eigenvalue weighted by Gasteiger charge is 2.20. The van der Waals surface area contributed by atoms with Crippen LogP contribution < -0.4 is 5.32 Å². The van der Waals surface area contributed by atoms with Crippen LogP contribution in [0.4, 0.5) is 8.78 Å². The molecule has 7 heteroatoms. The molecule has 1 aromatic carbocycles. The van der Waals surface area contributed by atoms with Gasteiger partial charge in [0.2, 0.25) is 5.78 Å². The van der Waals surface area contributed by atoms with E-state index < -0.39 is 17.4 Å². The summed E-state index contributed by atoms with van der Waals surface area (Å²) in [6.45, 7) is 1.78. The Kier molecular flexibility index (Phi) is 3.74. The smallest absolute Gasteiger partial charge is 0.215 e. The molecule has 1 aromatic heterocycles. The zero-order valence-corrected chi connectivity index (χ0v) is 11.2. The van der Waals surface area contributed by atoms with Crippen molar-refractivity contribution >= 4 is 5.78 Å². The van der Waals surface area contributed by atoms with E-state index in [0.29, 0.717) is 0 Å². The summed E-state index contributed by atoms with van der Waals surface area (Å²) >= 11 is 0. The van der Waals surface area contributed by atoms with E-state index >= 15 is 0 Å². The van der Waals surface area contributed by atoms with Gasteiger partial charge in [-0.2, -0.15) is 0 Å². The fourth-order valence-corrected chi connectivity index (χ4v) is 2.46. The summed E-state index contributed by atoms with van der Waals surface area (Å²) in [4.78, 5) is 12.2. The van der Waals surface area contributed by atoms with Gasteiger partial charge in [-0.1, -0.05) is 5.21 Å². The van der Waals surface area contributed by atoms with Gasteiger partial charge in [0, 0.05) is 11.6 Å². The van der Waals surface area contributed by atoms with Crippen molar-refractivity contribution in [3.63, 3.8) is 0 Å². The van der Waals surface area contributed by atoms with E-state index in [9.17, 15) is 13.6 Å². The van der Waals surface area contributed by atoms with Crippen LogP contribution in [0.2, 0.25) is 0 Å². The van der Waals surface area contributed by atoms with Gasteiger partial charge >= 0.3 is 0 Å². The molecule has 110 valence electrons. The molecule has 0 aliphatic carbocycles. The molecule has 1 saturated heterocycles. The number of hydrogen-bond donors (Lipinski definition) is 1. The molecule has 2 aromatic rings. The van der Waals surface area contributed by atoms with E-state index in [2.05, 4.69) is 15.6 Å². The number of nitrogens with zero attached hydrogens (tertiary/aromatic N) is 3. The Morgan fingerprint density at radius 3 is 2.52 bits per heavy atom. The second-order valence-electron chi connectivity index (χ2n) is 5.05. The molecule has 1 aliphatic heterocycles. The molecule has 0 bridgehead atoms. The fraction of sp³-hybridized carbons (Fsp3) is 0.357. The number of piperidine rings is 1. The third-order valence-corrected chi connectivity index (χ3v) is 3.55. The number of rotatable bonds is 3. The predicted octanol–water partition coefficient (Wildman–Crippen LogP) is 1.71. The Bertz CT molecular complexity index is 644. The highest BCUT2D eigenvalue weighted by atomic mass is 19.1. The predicted molar refractivity (Wildman–Crippen MR) is 71.0 cm³/mol. The van der Waals surface area contributed by atoms with Crippen molar-refractivity contribution in [2.24, 2.45) is 0 Å². The molecule has 1 aliphatic rings. The van der Waals surface area contributed by atoms with Crippen LogP contribution in [-0.2, 0) is 0 Å². The maximum Gasteiger partial charge on any atom is 0.215 e. The van der Waals surface area contributed by atoms with Crippen molar-refractivity contribution < 1.29 is 13.6 Å². The lowest BCUT2D eigenvalue weighted by atomic mass is 10.1. The minimum absolute atomic E-state index is 0.0649. The van der Waals surface area contributed by atoms with Gasteiger partial charge in [-0.3, -0.25) is 4.79 Å². The summed E-state index contributed by atoms with van der Waals surface area (Å²) in [7, 11) is 0. The number of aromatic nitrogens is 3. The standard InChI is InChI=1S/C14H14F2N4O/c15-10-5-9(6-11(16)7-10)14(21)13-8-20(19-18-13)12-1-3-17-4-2-12/h5-8,12,17H,1-4H2. The number of hydrogen-bond acceptors (Lipinski definition) is 4. The maximum absolute atomic E-state index is 13.2. The van der Waals surface area contributed by atoms with Gasteiger partial charge in [0.15, 0.2) is 5.69 Å². The van der Waals surface area contributed by atoms with Gasteiger partial charge in [-0.05, 0) is 38.1 Å². The first kappa shape index (κ1) is 13.8. The number of ketones is 1. The second-order valence-corrected chi connectivity index (χ2v) is 5.05. The van der Waals surface area contributed by atoms with Gasteiger partial charge < -0.3 is 5.32 Å². The van der Waals surface area contributed by atoms with Crippen LogP contribution in [0.5, 0.6) is 0 Å². The number of benzene rings is 1. The highest BCUT2D eigenvalue weighted by molar-refractivity contribution is 6.07. The van der Waals surface area contributed by atoms with E-state index in [1.165, 1.54) is 0 Å². The number of carbonyl (C=O) groups is 1. The summed E-state index contributed by atoms with van der Waals surface area (Å²) in [6.07, 6.45) is 3.36. The largest absolute Gasteiger partial charge is 0.317 e. The highest BCUT2D eigenvalue weighted by Crippen LogP contribution is 2.18. The van der Waals surface area contributed by atoms with Crippen molar-refractivity contribution in [2.75, 3.05) is 13.1 Å². The molecule has 0 unspecified atom stereocenters. The summed E-state index contributed by atoms with van der Waals surface area (Å²) < 4.78 is 28.0. The van der Waals surface area contributed by atoms with Gasteiger partial charge in [0.05, 0.1) is 12.2 Å². The van der Waals surface area contributed by atoms with Gasteiger partial charge in [0.1, 0.15) is 11.6 Å². The van der Waals surface area contributed by atoms with Crippen molar-refractivity contribution in [1.29, 1.82) is 0 Å². The zero-order chi connectivity index (χ0) is 14.8. The third kappa shape index (κ3) is 2.97. The summed E-state index contributed by atoms with van der Waals surface area (Å²) in [5.41, 5.74) is 0.0309. The lowest BCUT2D eigenvalue weighted by molar-refractivity contribution is 0.103. The quantitative estimate of drug-likeness (QED) is 0.875. The van der Waals surface area contributed by atoms with Crippen LogP contribution in [0, 0.1) is 11.6 Å². The van der Waals surface area contributed by atoms with Crippen molar-refractivity contribution in [3.8, 4) is 0 Å². The third-order valence-electron chi connectivity index (χ3n) is 3.55. The molecule has 0 saturated carbocycles. The van der Waals surface area contributed by atoms with Gasteiger partial charge in [0.25, 0.3) is 0 Å². The average molecular weight is 292 g/mol. The molecule has 0 atom stereocenters. The Hall–Kier alpha value is -2.15. The second kappa shape index (κ2) is 5.69. The van der Waals surface area contributed by atoms with Crippen molar-refractivity contribution in [2.45, 2.75) is 18.9 Å². The number of halogens is 2. The van der Waals surface area contributed by atoms with E-state index in [1.54, 1.807) is 10.9 Å². The molecule has 2 heterocycles. The van der Waals surface area contributed by atoms with Crippen molar-refractivity contribution in [1.82, 2.24) is 20.3 Å². The van der Waals surface area contributed by atoms with E-state index in [-0.39, 0.29) is 17.3 Å². The summed E-state index contributed by atoms with van der Waals surface area (Å²) in [6, 6.07) is 2.91. The monoisotopic (exact) mass is 292 g/mol. The molecular formula is C14H14F2N4O. The topological polar surface area (TPSA) is 59.8 Å². The van der Waals surface area contributed by atoms with E-state index in [0.717, 1.165) is 44.1 Å². The SMILES string of the molecule is O=C(c1cc(F)cc(F)c1)c1cn(C2CCNCC2)nn1. The van der Waals surface area contributed by atoms with E-state index in [4.69, 9.17) is 0 Å². The van der Waals surface area contributed by atoms with Crippen LogP contribution in [0.25, 0.3) is 0 Å². The minimum Gasteiger partial charge on any atom is -0.317 e. The first-order valence-electron chi connectivity index (χ1n) is 6.77. The van der Waals surface area contributed by atoms with Gasteiger partial charge in [-0.25, -0.2) is 13.5 Å². The molecule has 3 rings (SSSR count). The van der Waals surface area contributed by atoms with Crippen LogP contribution >= 0.6 is 0 Å². The number of nitrogens with one attached hydrogen (secondary N) is 1. The molecule has 0 radical (unpaired) electrons. The van der Waals surface area contributed by atoms with Crippen LogP contribution in [0.1, 0.15) is 34.9 Å². The first-order valence-corrected chi connectivity index (χ1v) is 6.77. The lowest BCUT2D eigenvalue weighted by Crippen LogP contribution is -2.29. The molecule has 0 spiro atoms.